The molecule has 0 aliphatic carbocycles. The van der Waals surface area contributed by atoms with Gasteiger partial charge >= 0.3 is 17.9 Å². The minimum absolute atomic E-state index is 0.0113. The average Bonchev–Trinajstić information content (AvgIpc) is 1.49. The van der Waals surface area contributed by atoms with E-state index in [1.807, 2.05) is 0 Å². The minimum Gasteiger partial charge on any atom is -0.505 e. The number of nitrogens with zero attached hydrogens (tertiary/aromatic N) is 7. The molecule has 3 unspecified atom stereocenters. The molecular formula is C56H67N17O19S. The number of guanidine groups is 1. The standard InChI is InChI=1S/C56H67N17O19S/c1-23-42(80)41-39(43(81)44(23)91-2)27(10-12-34(57)74)56(92-3)45-32(21-72(41)56)73(45)36(76)14-16-71-37(77)18-33(51(71)86)93-22-31(53(89)90)68-49(84)30(17-38(78)79)67-48(83)28(5-4-15-61-54(58)59)65-35(75)13-11-29(52(87)88)66-47(82)24-6-8-25(9-7-24)62-19-26-20-63-46-40(64-26)50(85)70-55(60)69-46/h6-10,18,20,28-32,45,62,77,80-81,86H,4-5,11-17,19,21-22H2,1-3H3,(H2,57,74)(H,65,75)(H,66,82)(H,67,83)(H,68,84)(H,78,79)(H,87,88)(H,89,90)(H4,58,59,61)(H3,60,63,69,70,85)/t28-,29-,30-,31?,32?,45?,56+,73?/m1/s1. The van der Waals surface area contributed by atoms with Crippen LogP contribution in [0.2, 0.25) is 0 Å². The number of hydrogen-bond acceptors (Lipinski definition) is 24. The summed E-state index contributed by atoms with van der Waals surface area (Å²) in [6.07, 6.45) is -0.227. The van der Waals surface area contributed by atoms with Crippen LogP contribution in [0, 0.1) is 6.92 Å². The summed E-state index contributed by atoms with van der Waals surface area (Å²) in [4.78, 5) is 151. The predicted octanol–water partition coefficient (Wildman–Crippen LogP) is -2.22. The van der Waals surface area contributed by atoms with Crippen LogP contribution in [0.1, 0.15) is 72.1 Å². The number of benzene rings is 2. The van der Waals surface area contributed by atoms with Gasteiger partial charge in [0.2, 0.25) is 41.4 Å². The number of phenolic OH excluding ortho intramolecular Hbond substituents is 2. The molecule has 2 aromatic carbocycles. The Labute approximate surface area is 529 Å². The first-order chi connectivity index (χ1) is 44.1. The largest absolute Gasteiger partial charge is 0.505 e. The zero-order valence-corrected chi connectivity index (χ0v) is 50.7. The number of aromatic nitrogens is 5. The summed E-state index contributed by atoms with van der Waals surface area (Å²) >= 11 is 0.634. The molecule has 2 saturated heterocycles. The van der Waals surface area contributed by atoms with Crippen molar-refractivity contribution in [2.45, 2.75) is 112 Å². The van der Waals surface area contributed by atoms with Gasteiger partial charge in [0.05, 0.1) is 54.2 Å². The van der Waals surface area contributed by atoms with Gasteiger partial charge in [0, 0.05) is 80.2 Å². The van der Waals surface area contributed by atoms with Crippen LogP contribution >= 0.6 is 11.8 Å². The number of nitrogens with one attached hydrogen (secondary N) is 6. The molecule has 6 amide bonds. The van der Waals surface area contributed by atoms with Gasteiger partial charge in [-0.1, -0.05) is 6.08 Å². The highest BCUT2D eigenvalue weighted by molar-refractivity contribution is 7.99. The quantitative estimate of drug-likeness (QED) is 0.00558. The molecule has 3 aliphatic rings. The van der Waals surface area contributed by atoms with Crippen LogP contribution in [0.3, 0.4) is 0 Å². The summed E-state index contributed by atoms with van der Waals surface area (Å²) in [6.45, 7) is 1.35. The van der Waals surface area contributed by atoms with Crippen molar-refractivity contribution in [3.8, 4) is 29.0 Å². The lowest BCUT2D eigenvalue weighted by atomic mass is 9.92. The van der Waals surface area contributed by atoms with Gasteiger partial charge in [-0.15, -0.1) is 11.8 Å². The van der Waals surface area contributed by atoms with Crippen LogP contribution in [0.25, 0.3) is 16.7 Å². The number of thioether (sulfide) groups is 1. The number of aliphatic carboxylic acids is 3. The molecule has 8 rings (SSSR count). The molecule has 5 aromatic rings. The smallest absolute Gasteiger partial charge is 0.327 e. The van der Waals surface area contributed by atoms with Crippen molar-refractivity contribution in [2.24, 2.45) is 22.2 Å². The van der Waals surface area contributed by atoms with Crippen molar-refractivity contribution < 1.29 is 88.4 Å². The number of aliphatic imine (C=N–C) groups is 1. The maximum atomic E-state index is 14.0. The number of nitrogen functional groups attached to an aromatic ring is 1. The molecule has 0 saturated carbocycles. The zero-order chi connectivity index (χ0) is 67.9. The number of nitrogens with two attached hydrogens (primary N) is 4. The molecule has 0 bridgehead atoms. The Morgan fingerprint density at radius 2 is 1.57 bits per heavy atom. The number of phenols is 2. The van der Waals surface area contributed by atoms with Gasteiger partial charge in [-0.05, 0) is 50.5 Å². The lowest BCUT2D eigenvalue weighted by Gasteiger charge is -2.37. The van der Waals surface area contributed by atoms with Crippen LogP contribution in [-0.2, 0) is 56.2 Å². The minimum atomic E-state index is -1.98. The molecule has 21 N–H and O–H groups in total. The number of fused-ring (bicyclic) bond motifs is 6. The van der Waals surface area contributed by atoms with E-state index in [9.17, 15) is 83.7 Å². The SMILES string of the molecule is COc1c(C)c(O)c2c(c1O)C(=CCC(N)=O)[C@]1(OC)C3C(CN21)N3C(=O)CCn1c(O)cc(SCC(NC(=O)[C@@H](CC(=O)O)NC(=O)[C@@H](CCCN=C(N)N)NC(=O)CC[C@@H](NC(=O)c2ccc(NCc3cnc4nc(N)[nH]c(=O)c4n3)cc2)C(=O)O)C(=O)O)c1O. The zero-order valence-electron chi connectivity index (χ0n) is 49.9. The van der Waals surface area contributed by atoms with E-state index >= 15 is 0 Å². The van der Waals surface area contributed by atoms with Gasteiger partial charge in [0.15, 0.2) is 40.2 Å². The van der Waals surface area contributed by atoms with Crippen molar-refractivity contribution in [2.75, 3.05) is 49.0 Å². The number of carbonyl (C=O) groups excluding carboxylic acids is 6. The van der Waals surface area contributed by atoms with E-state index in [4.69, 9.17) is 32.4 Å². The van der Waals surface area contributed by atoms with Crippen molar-refractivity contribution in [1.29, 1.82) is 0 Å². The van der Waals surface area contributed by atoms with Crippen molar-refractivity contribution >= 4 is 105 Å². The molecule has 93 heavy (non-hydrogen) atoms. The molecule has 2 fully saturated rings. The second-order valence-electron chi connectivity index (χ2n) is 21.5. The summed E-state index contributed by atoms with van der Waals surface area (Å²) in [5.74, 6) is -12.9. The summed E-state index contributed by atoms with van der Waals surface area (Å²) in [5, 5.41) is 87.1. The van der Waals surface area contributed by atoms with Crippen LogP contribution in [0.4, 0.5) is 17.3 Å². The number of H-pyrrole nitrogens is 1. The van der Waals surface area contributed by atoms with Gasteiger partial charge < -0.3 is 105 Å². The van der Waals surface area contributed by atoms with Crippen LogP contribution < -0.4 is 64.7 Å². The Bertz CT molecular complexity index is 3930. The molecule has 0 spiro atoms. The summed E-state index contributed by atoms with van der Waals surface area (Å²) < 4.78 is 12.5. The van der Waals surface area contributed by atoms with Crippen molar-refractivity contribution in [1.82, 2.24) is 50.7 Å². The maximum Gasteiger partial charge on any atom is 0.327 e. The number of hydrogen-bond donors (Lipinski definition) is 17. The molecule has 496 valence electrons. The highest BCUT2D eigenvalue weighted by Gasteiger charge is 2.75. The first kappa shape index (κ1) is 67.8. The van der Waals surface area contributed by atoms with E-state index in [2.05, 4.69) is 51.5 Å². The number of primary amides is 1. The highest BCUT2D eigenvalue weighted by atomic mass is 32.2. The fraction of sp³-hybridized carbons (Fsp3) is 0.393. The molecule has 6 heterocycles. The van der Waals surface area contributed by atoms with Gasteiger partial charge in [-0.25, -0.2) is 19.6 Å². The van der Waals surface area contributed by atoms with Crippen LogP contribution in [0.15, 0.2) is 57.3 Å². The molecular weight excluding hydrogens is 1250 g/mol. The number of rotatable bonds is 31. The maximum absolute atomic E-state index is 14.0. The third-order valence-electron chi connectivity index (χ3n) is 15.5. The Kier molecular flexibility index (Phi) is 20.7. The number of aromatic hydroxyl groups is 4. The normalized spacial score (nSPS) is 17.6. The fourth-order valence-corrected chi connectivity index (χ4v) is 12.1. The molecule has 7 atom stereocenters. The van der Waals surface area contributed by atoms with Gasteiger partial charge in [0.25, 0.3) is 11.5 Å². The Morgan fingerprint density at radius 1 is 0.882 bits per heavy atom. The van der Waals surface area contributed by atoms with Gasteiger partial charge in [0.1, 0.15) is 36.0 Å². The first-order valence-electron chi connectivity index (χ1n) is 28.4. The predicted molar refractivity (Wildman–Crippen MR) is 327 cm³/mol. The second-order valence-corrected chi connectivity index (χ2v) is 22.6. The number of aromatic amines is 1. The average molecular weight is 1310 g/mol. The van der Waals surface area contributed by atoms with Gasteiger partial charge in [-0.3, -0.25) is 52.9 Å². The third kappa shape index (κ3) is 14.7. The van der Waals surface area contributed by atoms with E-state index in [1.54, 1.807) is 4.90 Å². The summed E-state index contributed by atoms with van der Waals surface area (Å²) in [5.41, 5.74) is 21.5. The van der Waals surface area contributed by atoms with Crippen molar-refractivity contribution in [3.63, 3.8) is 0 Å². The highest BCUT2D eigenvalue weighted by Crippen LogP contribution is 2.66. The number of amides is 6. The fourth-order valence-electron chi connectivity index (χ4n) is 11.1. The Balaban J connectivity index is 0.856. The van der Waals surface area contributed by atoms with E-state index in [0.29, 0.717) is 23.1 Å². The number of carboxylic acids is 3. The Morgan fingerprint density at radius 3 is 2.22 bits per heavy atom. The van der Waals surface area contributed by atoms with E-state index in [-0.39, 0.29) is 125 Å². The number of piperazine rings is 1. The lowest BCUT2D eigenvalue weighted by molar-refractivity contribution is -0.143. The molecule has 37 heteroatoms. The third-order valence-corrected chi connectivity index (χ3v) is 16.6. The monoisotopic (exact) mass is 1310 g/mol. The number of carboxylic acid groups (broad SMARTS) is 3. The summed E-state index contributed by atoms with van der Waals surface area (Å²) in [7, 11) is 2.66. The summed E-state index contributed by atoms with van der Waals surface area (Å²) in [6, 6.07) is -1.39. The number of carbonyl (C=O) groups is 9. The first-order valence-corrected chi connectivity index (χ1v) is 29.4. The Hall–Kier alpha value is -11.1. The molecule has 3 aromatic heterocycles. The number of methoxy groups -OCH3 is 2. The molecule has 0 radical (unpaired) electrons. The lowest BCUT2D eigenvalue weighted by Crippen LogP contribution is -2.56. The second kappa shape index (κ2) is 28.4. The van der Waals surface area contributed by atoms with E-state index in [0.717, 1.165) is 10.6 Å². The van der Waals surface area contributed by atoms with Gasteiger partial charge in [-0.2, -0.15) is 4.98 Å². The van der Waals surface area contributed by atoms with E-state index in [1.165, 1.54) is 62.6 Å². The number of ether oxygens (including phenoxy) is 2. The van der Waals surface area contributed by atoms with Crippen LogP contribution in [0.5, 0.6) is 29.0 Å². The topological polar surface area (TPSA) is 573 Å². The molecule has 3 aliphatic heterocycles. The van der Waals surface area contributed by atoms with Crippen molar-refractivity contribution in [3.05, 3.63) is 75.3 Å². The molecule has 36 nitrogen and oxygen atoms in total. The van der Waals surface area contributed by atoms with Crippen LogP contribution in [-0.4, -0.2) is 199 Å². The van der Waals surface area contributed by atoms with E-state index < -0.39 is 138 Å². The number of anilines is 3.